The van der Waals surface area contributed by atoms with Crippen molar-refractivity contribution in [1.29, 1.82) is 0 Å². The number of rotatable bonds is 9. The molecule has 2 aliphatic rings. The maximum absolute atomic E-state index is 12.9. The Hall–Kier alpha value is -3.61. The lowest BCUT2D eigenvalue weighted by molar-refractivity contribution is -0.384. The summed E-state index contributed by atoms with van der Waals surface area (Å²) in [6.07, 6.45) is 1.50. The molecule has 2 aliphatic heterocycles. The number of benzene rings is 2. The normalized spacial score (nSPS) is 16.7. The van der Waals surface area contributed by atoms with Crippen LogP contribution < -0.4 is 9.47 Å². The van der Waals surface area contributed by atoms with Crippen molar-refractivity contribution >= 4 is 52.2 Å². The van der Waals surface area contributed by atoms with Crippen LogP contribution in [-0.4, -0.2) is 71.2 Å². The highest BCUT2D eigenvalue weighted by molar-refractivity contribution is 8.18. The first-order chi connectivity index (χ1) is 18.3. The average molecular weight is 562 g/mol. The molecule has 38 heavy (non-hydrogen) atoms. The number of non-ortho nitro benzene ring substituents is 1. The third kappa shape index (κ3) is 6.44. The Morgan fingerprint density at radius 2 is 1.97 bits per heavy atom. The van der Waals surface area contributed by atoms with Gasteiger partial charge in [-0.25, -0.2) is 0 Å². The zero-order valence-corrected chi connectivity index (χ0v) is 22.0. The topological polar surface area (TPSA) is 129 Å². The Bertz CT molecular complexity index is 1300. The molecule has 11 nitrogen and oxygen atoms in total. The van der Waals surface area contributed by atoms with Gasteiger partial charge in [-0.1, -0.05) is 23.7 Å². The molecule has 3 amide bonds. The van der Waals surface area contributed by atoms with Crippen LogP contribution in [0, 0.1) is 10.1 Å². The van der Waals surface area contributed by atoms with Crippen LogP contribution >= 0.6 is 23.4 Å². The molecular weight excluding hydrogens is 538 g/mol. The molecule has 0 atom stereocenters. The Labute approximate surface area is 227 Å². The van der Waals surface area contributed by atoms with Crippen LogP contribution in [-0.2, 0) is 20.9 Å². The Morgan fingerprint density at radius 3 is 2.68 bits per heavy atom. The molecule has 2 saturated heterocycles. The lowest BCUT2D eigenvalue weighted by Crippen LogP contribution is -2.46. The van der Waals surface area contributed by atoms with Gasteiger partial charge in [0, 0.05) is 25.2 Å². The van der Waals surface area contributed by atoms with Gasteiger partial charge in [-0.2, -0.15) is 0 Å². The number of carbonyl (C=O) groups excluding carboxylic acids is 3. The van der Waals surface area contributed by atoms with Crippen LogP contribution in [0.5, 0.6) is 11.5 Å². The fraction of sp³-hybridized carbons (Fsp3) is 0.320. The predicted octanol–water partition coefficient (Wildman–Crippen LogP) is 4.12. The minimum Gasteiger partial charge on any atom is -0.490 e. The third-order valence-corrected chi connectivity index (χ3v) is 6.85. The van der Waals surface area contributed by atoms with E-state index in [-0.39, 0.29) is 40.4 Å². The number of amides is 3. The predicted molar refractivity (Wildman–Crippen MR) is 140 cm³/mol. The molecule has 2 heterocycles. The number of nitrogens with zero attached hydrogens (tertiary/aromatic N) is 3. The smallest absolute Gasteiger partial charge is 0.294 e. The number of halogens is 1. The zero-order valence-electron chi connectivity index (χ0n) is 20.4. The highest BCUT2D eigenvalue weighted by Crippen LogP contribution is 2.39. The molecule has 0 saturated carbocycles. The summed E-state index contributed by atoms with van der Waals surface area (Å²) in [4.78, 5) is 51.1. The van der Waals surface area contributed by atoms with E-state index in [1.807, 2.05) is 0 Å². The van der Waals surface area contributed by atoms with E-state index in [0.29, 0.717) is 49.8 Å². The van der Waals surface area contributed by atoms with Crippen LogP contribution in [0.3, 0.4) is 0 Å². The summed E-state index contributed by atoms with van der Waals surface area (Å²) in [5.41, 5.74) is 1.01. The molecule has 0 spiro atoms. The Balaban J connectivity index is 1.50. The first-order valence-corrected chi connectivity index (χ1v) is 12.9. The van der Waals surface area contributed by atoms with Crippen LogP contribution in [0.1, 0.15) is 18.1 Å². The van der Waals surface area contributed by atoms with Gasteiger partial charge in [0.2, 0.25) is 5.91 Å². The summed E-state index contributed by atoms with van der Waals surface area (Å²) in [7, 11) is 0. The van der Waals surface area contributed by atoms with Crippen molar-refractivity contribution in [2.75, 3.05) is 39.5 Å². The van der Waals surface area contributed by atoms with Gasteiger partial charge >= 0.3 is 0 Å². The van der Waals surface area contributed by atoms with Crippen LogP contribution in [0.4, 0.5) is 10.5 Å². The summed E-state index contributed by atoms with van der Waals surface area (Å²) in [6, 6.07) is 9.21. The third-order valence-electron chi connectivity index (χ3n) is 5.66. The molecule has 0 unspecified atom stereocenters. The van der Waals surface area contributed by atoms with E-state index in [9.17, 15) is 24.5 Å². The molecule has 2 aromatic carbocycles. The van der Waals surface area contributed by atoms with Crippen LogP contribution in [0.2, 0.25) is 5.02 Å². The van der Waals surface area contributed by atoms with Crippen molar-refractivity contribution in [2.45, 2.75) is 13.5 Å². The molecule has 2 aromatic rings. The van der Waals surface area contributed by atoms with E-state index in [2.05, 4.69) is 0 Å². The Kier molecular flexibility index (Phi) is 8.87. The molecule has 13 heteroatoms. The summed E-state index contributed by atoms with van der Waals surface area (Å²) in [5, 5.41) is 10.7. The number of nitro benzene ring substituents is 1. The van der Waals surface area contributed by atoms with Gasteiger partial charge in [0.25, 0.3) is 16.8 Å². The summed E-state index contributed by atoms with van der Waals surface area (Å²) < 4.78 is 16.8. The molecule has 0 bridgehead atoms. The van der Waals surface area contributed by atoms with E-state index in [0.717, 1.165) is 16.7 Å². The van der Waals surface area contributed by atoms with Crippen molar-refractivity contribution in [3.8, 4) is 11.5 Å². The van der Waals surface area contributed by atoms with Crippen molar-refractivity contribution in [3.05, 3.63) is 67.6 Å². The number of morpholine rings is 1. The summed E-state index contributed by atoms with van der Waals surface area (Å²) >= 11 is 7.22. The second-order valence-corrected chi connectivity index (χ2v) is 9.64. The van der Waals surface area contributed by atoms with Crippen molar-refractivity contribution < 1.29 is 33.5 Å². The molecule has 4 rings (SSSR count). The molecule has 0 radical (unpaired) electrons. The standard InChI is InChI=1S/C25H24ClN3O8S/c1-2-36-20-12-17(11-19(26)23(20)37-15-16-4-3-5-18(10-16)29(33)34)13-21-24(31)28(25(32)38-21)14-22(30)27-6-8-35-9-7-27/h3-5,10-13H,2,6-9,14-15H2,1H3/b21-13+. The summed E-state index contributed by atoms with van der Waals surface area (Å²) in [5.74, 6) is -0.342. The Morgan fingerprint density at radius 1 is 1.21 bits per heavy atom. The molecular formula is C25H24ClN3O8S. The van der Waals surface area contributed by atoms with Crippen molar-refractivity contribution in [3.63, 3.8) is 0 Å². The largest absolute Gasteiger partial charge is 0.490 e. The van der Waals surface area contributed by atoms with Gasteiger partial charge < -0.3 is 19.1 Å². The highest BCUT2D eigenvalue weighted by atomic mass is 35.5. The quantitative estimate of drug-likeness (QED) is 0.252. The van der Waals surface area contributed by atoms with E-state index in [1.165, 1.54) is 18.2 Å². The number of carbonyl (C=O) groups is 3. The van der Waals surface area contributed by atoms with Gasteiger partial charge in [0.15, 0.2) is 11.5 Å². The maximum Gasteiger partial charge on any atom is 0.294 e. The minimum atomic E-state index is -0.568. The first-order valence-electron chi connectivity index (χ1n) is 11.7. The molecule has 2 fully saturated rings. The van der Waals surface area contributed by atoms with Crippen LogP contribution in [0.25, 0.3) is 6.08 Å². The number of imide groups is 1. The van der Waals surface area contributed by atoms with Crippen molar-refractivity contribution in [1.82, 2.24) is 9.80 Å². The number of hydrogen-bond acceptors (Lipinski definition) is 9. The summed E-state index contributed by atoms with van der Waals surface area (Å²) in [6.45, 7) is 3.42. The fourth-order valence-corrected chi connectivity index (χ4v) is 4.94. The monoisotopic (exact) mass is 561 g/mol. The van der Waals surface area contributed by atoms with Crippen LogP contribution in [0.15, 0.2) is 41.3 Å². The van der Waals surface area contributed by atoms with Gasteiger partial charge in [-0.05, 0) is 48.0 Å². The minimum absolute atomic E-state index is 0.0108. The van der Waals surface area contributed by atoms with Gasteiger partial charge in [-0.3, -0.25) is 29.4 Å². The fourth-order valence-electron chi connectivity index (χ4n) is 3.83. The number of ether oxygens (including phenoxy) is 3. The second kappa shape index (κ2) is 12.3. The SMILES string of the molecule is CCOc1cc(/C=C2/SC(=O)N(CC(=O)N3CCOCC3)C2=O)cc(Cl)c1OCc1cccc([N+](=O)[O-])c1. The lowest BCUT2D eigenvalue weighted by atomic mass is 10.1. The van der Waals surface area contributed by atoms with E-state index < -0.39 is 16.1 Å². The lowest BCUT2D eigenvalue weighted by Gasteiger charge is -2.28. The van der Waals surface area contributed by atoms with Gasteiger partial charge in [0.05, 0.1) is 34.7 Å². The number of nitro groups is 1. The van der Waals surface area contributed by atoms with E-state index in [4.69, 9.17) is 25.8 Å². The van der Waals surface area contributed by atoms with Gasteiger partial charge in [-0.15, -0.1) is 0 Å². The van der Waals surface area contributed by atoms with E-state index >= 15 is 0 Å². The number of thioether (sulfide) groups is 1. The maximum atomic E-state index is 12.9. The second-order valence-electron chi connectivity index (χ2n) is 8.24. The highest BCUT2D eigenvalue weighted by Gasteiger charge is 2.37. The van der Waals surface area contributed by atoms with E-state index in [1.54, 1.807) is 36.1 Å². The first kappa shape index (κ1) is 27.4. The van der Waals surface area contributed by atoms with Crippen molar-refractivity contribution in [2.24, 2.45) is 0 Å². The molecule has 0 aromatic heterocycles. The number of hydrogen-bond donors (Lipinski definition) is 0. The molecule has 0 N–H and O–H groups in total. The molecule has 0 aliphatic carbocycles. The van der Waals surface area contributed by atoms with Gasteiger partial charge in [0.1, 0.15) is 13.2 Å². The average Bonchev–Trinajstić information content (AvgIpc) is 3.16. The zero-order chi connectivity index (χ0) is 27.2. The molecule has 200 valence electrons.